The molecule has 0 bridgehead atoms. The number of hydroxylamine groups is 1. The normalized spacial score (nSPS) is 12.1. The first kappa shape index (κ1) is 12.7. The van der Waals surface area contributed by atoms with Gasteiger partial charge in [-0.1, -0.05) is 30.3 Å². The number of hydrogen-bond donors (Lipinski definition) is 2. The first-order valence-electron chi connectivity index (χ1n) is 5.38. The van der Waals surface area contributed by atoms with E-state index < -0.39 is 0 Å². The van der Waals surface area contributed by atoms with Gasteiger partial charge in [-0.05, 0) is 18.9 Å². The standard InChI is InChI=1S/C12H18N2O2/c1-10(13)7-8-12(15)14-16-9-11-5-3-2-4-6-11/h2-6,10H,7-9,13H2,1H3,(H,14,15). The number of rotatable bonds is 6. The van der Waals surface area contributed by atoms with Gasteiger partial charge in [-0.25, -0.2) is 5.48 Å². The van der Waals surface area contributed by atoms with E-state index in [0.717, 1.165) is 5.56 Å². The number of nitrogens with one attached hydrogen (secondary N) is 1. The van der Waals surface area contributed by atoms with Gasteiger partial charge in [0.1, 0.15) is 0 Å². The molecule has 1 rings (SSSR count). The fraction of sp³-hybridized carbons (Fsp3) is 0.417. The average molecular weight is 222 g/mol. The van der Waals surface area contributed by atoms with Crippen molar-refractivity contribution in [3.05, 3.63) is 35.9 Å². The number of benzene rings is 1. The van der Waals surface area contributed by atoms with Crippen molar-refractivity contribution in [2.75, 3.05) is 0 Å². The van der Waals surface area contributed by atoms with Crippen molar-refractivity contribution in [2.24, 2.45) is 5.73 Å². The van der Waals surface area contributed by atoms with Gasteiger partial charge < -0.3 is 5.73 Å². The van der Waals surface area contributed by atoms with Crippen molar-refractivity contribution in [3.63, 3.8) is 0 Å². The molecule has 0 aliphatic carbocycles. The predicted octanol–water partition coefficient (Wildman–Crippen LogP) is 1.36. The Bertz CT molecular complexity index is 312. The molecule has 16 heavy (non-hydrogen) atoms. The largest absolute Gasteiger partial charge is 0.328 e. The van der Waals surface area contributed by atoms with Crippen LogP contribution in [0.15, 0.2) is 30.3 Å². The summed E-state index contributed by atoms with van der Waals surface area (Å²) in [5.41, 5.74) is 8.95. The van der Waals surface area contributed by atoms with Crippen molar-refractivity contribution < 1.29 is 9.63 Å². The van der Waals surface area contributed by atoms with Gasteiger partial charge in [0.2, 0.25) is 5.91 Å². The third-order valence-electron chi connectivity index (χ3n) is 2.09. The molecule has 0 aliphatic heterocycles. The monoisotopic (exact) mass is 222 g/mol. The molecule has 1 atom stereocenters. The smallest absolute Gasteiger partial charge is 0.243 e. The van der Waals surface area contributed by atoms with Gasteiger partial charge in [-0.15, -0.1) is 0 Å². The summed E-state index contributed by atoms with van der Waals surface area (Å²) >= 11 is 0. The molecule has 1 unspecified atom stereocenters. The Labute approximate surface area is 95.7 Å². The quantitative estimate of drug-likeness (QED) is 0.714. The minimum Gasteiger partial charge on any atom is -0.328 e. The third kappa shape index (κ3) is 5.48. The lowest BCUT2D eigenvalue weighted by molar-refractivity contribution is -0.134. The SMILES string of the molecule is CC(N)CCC(=O)NOCc1ccccc1. The van der Waals surface area contributed by atoms with Crippen LogP contribution in [0.25, 0.3) is 0 Å². The molecule has 1 aromatic carbocycles. The van der Waals surface area contributed by atoms with E-state index in [4.69, 9.17) is 10.6 Å². The van der Waals surface area contributed by atoms with Crippen LogP contribution in [0.4, 0.5) is 0 Å². The highest BCUT2D eigenvalue weighted by Gasteiger charge is 2.03. The molecule has 1 aromatic rings. The molecular weight excluding hydrogens is 204 g/mol. The maximum Gasteiger partial charge on any atom is 0.243 e. The van der Waals surface area contributed by atoms with Crippen molar-refractivity contribution >= 4 is 5.91 Å². The molecule has 0 saturated heterocycles. The Morgan fingerprint density at radius 2 is 2.12 bits per heavy atom. The molecule has 0 aromatic heterocycles. The molecule has 0 radical (unpaired) electrons. The lowest BCUT2D eigenvalue weighted by Crippen LogP contribution is -2.25. The zero-order valence-corrected chi connectivity index (χ0v) is 9.48. The number of carbonyl (C=O) groups excluding carboxylic acids is 1. The molecule has 4 nitrogen and oxygen atoms in total. The Morgan fingerprint density at radius 3 is 2.75 bits per heavy atom. The molecule has 0 spiro atoms. The Hall–Kier alpha value is -1.39. The Kier molecular flexibility index (Phi) is 5.53. The maximum absolute atomic E-state index is 11.2. The van der Waals surface area contributed by atoms with E-state index >= 15 is 0 Å². The molecule has 0 aliphatic rings. The minimum absolute atomic E-state index is 0.0415. The van der Waals surface area contributed by atoms with Gasteiger partial charge in [0.25, 0.3) is 0 Å². The van der Waals surface area contributed by atoms with Crippen LogP contribution in [-0.4, -0.2) is 11.9 Å². The highest BCUT2D eigenvalue weighted by molar-refractivity contribution is 5.74. The van der Waals surface area contributed by atoms with Gasteiger partial charge in [-0.2, -0.15) is 0 Å². The summed E-state index contributed by atoms with van der Waals surface area (Å²) in [6.45, 7) is 2.25. The lowest BCUT2D eigenvalue weighted by Gasteiger charge is -2.07. The first-order chi connectivity index (χ1) is 7.68. The molecule has 4 heteroatoms. The molecule has 0 fully saturated rings. The number of carbonyl (C=O) groups is 1. The summed E-state index contributed by atoms with van der Waals surface area (Å²) in [6, 6.07) is 9.71. The van der Waals surface area contributed by atoms with Gasteiger partial charge >= 0.3 is 0 Å². The first-order valence-corrected chi connectivity index (χ1v) is 5.38. The van der Waals surface area contributed by atoms with Gasteiger partial charge in [0.05, 0.1) is 6.61 Å². The molecule has 0 saturated carbocycles. The van der Waals surface area contributed by atoms with E-state index in [1.165, 1.54) is 0 Å². The summed E-state index contributed by atoms with van der Waals surface area (Å²) in [7, 11) is 0. The summed E-state index contributed by atoms with van der Waals surface area (Å²) in [6.07, 6.45) is 1.06. The van der Waals surface area contributed by atoms with Crippen molar-refractivity contribution in [1.82, 2.24) is 5.48 Å². The van der Waals surface area contributed by atoms with Crippen LogP contribution >= 0.6 is 0 Å². The summed E-state index contributed by atoms with van der Waals surface area (Å²) < 4.78 is 0. The van der Waals surface area contributed by atoms with Gasteiger partial charge in [0, 0.05) is 12.5 Å². The van der Waals surface area contributed by atoms with Crippen LogP contribution in [0.1, 0.15) is 25.3 Å². The highest BCUT2D eigenvalue weighted by atomic mass is 16.6. The number of hydrogen-bond acceptors (Lipinski definition) is 3. The van der Waals surface area contributed by atoms with Crippen LogP contribution in [0, 0.1) is 0 Å². The molecular formula is C12H18N2O2. The van der Waals surface area contributed by atoms with E-state index in [1.54, 1.807) is 0 Å². The molecule has 3 N–H and O–H groups in total. The van der Waals surface area contributed by atoms with Gasteiger partial charge in [0.15, 0.2) is 0 Å². The van der Waals surface area contributed by atoms with Crippen molar-refractivity contribution in [3.8, 4) is 0 Å². The molecule has 0 heterocycles. The highest BCUT2D eigenvalue weighted by Crippen LogP contribution is 1.99. The van der Waals surface area contributed by atoms with Crippen molar-refractivity contribution in [1.29, 1.82) is 0 Å². The second-order valence-corrected chi connectivity index (χ2v) is 3.82. The predicted molar refractivity (Wildman–Crippen MR) is 62.3 cm³/mol. The summed E-state index contributed by atoms with van der Waals surface area (Å²) in [5, 5.41) is 0. The van der Waals surface area contributed by atoms with Crippen LogP contribution in [0.3, 0.4) is 0 Å². The van der Waals surface area contributed by atoms with E-state index in [2.05, 4.69) is 5.48 Å². The van der Waals surface area contributed by atoms with Crippen LogP contribution in [-0.2, 0) is 16.2 Å². The minimum atomic E-state index is -0.131. The second kappa shape index (κ2) is 6.98. The second-order valence-electron chi connectivity index (χ2n) is 3.82. The lowest BCUT2D eigenvalue weighted by atomic mass is 10.2. The molecule has 88 valence electrons. The third-order valence-corrected chi connectivity index (χ3v) is 2.09. The zero-order valence-electron chi connectivity index (χ0n) is 9.48. The van der Waals surface area contributed by atoms with Crippen LogP contribution in [0.2, 0.25) is 0 Å². The number of nitrogens with two attached hydrogens (primary N) is 1. The molecule has 1 amide bonds. The number of amides is 1. The van der Waals surface area contributed by atoms with Gasteiger partial charge in [-0.3, -0.25) is 9.63 Å². The zero-order chi connectivity index (χ0) is 11.8. The average Bonchev–Trinajstić information content (AvgIpc) is 2.28. The van der Waals surface area contributed by atoms with E-state index in [9.17, 15) is 4.79 Å². The van der Waals surface area contributed by atoms with Crippen molar-refractivity contribution in [2.45, 2.75) is 32.4 Å². The van der Waals surface area contributed by atoms with Crippen LogP contribution in [0.5, 0.6) is 0 Å². The Balaban J connectivity index is 2.13. The van der Waals surface area contributed by atoms with Crippen LogP contribution < -0.4 is 11.2 Å². The summed E-state index contributed by atoms with van der Waals surface area (Å²) in [4.78, 5) is 16.3. The fourth-order valence-corrected chi connectivity index (χ4v) is 1.18. The fourth-order valence-electron chi connectivity index (χ4n) is 1.18. The summed E-state index contributed by atoms with van der Waals surface area (Å²) in [5.74, 6) is -0.131. The Morgan fingerprint density at radius 1 is 1.44 bits per heavy atom. The van der Waals surface area contributed by atoms with E-state index in [0.29, 0.717) is 19.4 Å². The maximum atomic E-state index is 11.2. The van der Waals surface area contributed by atoms with E-state index in [1.807, 2.05) is 37.3 Å². The van der Waals surface area contributed by atoms with E-state index in [-0.39, 0.29) is 11.9 Å². The topological polar surface area (TPSA) is 64.4 Å².